The zero-order valence-electron chi connectivity index (χ0n) is 50.5. The average molecular weight is 1250 g/mol. The summed E-state index contributed by atoms with van der Waals surface area (Å²) in [4.78, 5) is 12.6. The van der Waals surface area contributed by atoms with Crippen LogP contribution < -0.4 is 0 Å². The number of carboxylic acid groups (broad SMARTS) is 1. The fourth-order valence-electron chi connectivity index (χ4n) is 17.9. The molecule has 5 aliphatic heterocycles. The number of rotatable bonds is 14. The number of carbonyl (C=O) groups is 1. The third-order valence-electron chi connectivity index (χ3n) is 23.6. The van der Waals surface area contributed by atoms with Gasteiger partial charge >= 0.3 is 5.97 Å². The highest BCUT2D eigenvalue weighted by atomic mass is 16.8. The first-order chi connectivity index (χ1) is 40.7. The summed E-state index contributed by atoms with van der Waals surface area (Å²) in [5, 5.41) is 186. The van der Waals surface area contributed by atoms with Crippen molar-refractivity contribution in [1.82, 2.24) is 0 Å². The average Bonchev–Trinajstić information content (AvgIpc) is 0.739. The Bertz CT molecular complexity index is 2440. The van der Waals surface area contributed by atoms with E-state index in [9.17, 15) is 91.6 Å². The van der Waals surface area contributed by atoms with E-state index in [0.29, 0.717) is 44.9 Å². The number of aliphatic hydroxyl groups is 16. The van der Waals surface area contributed by atoms with E-state index in [1.54, 1.807) is 0 Å². The van der Waals surface area contributed by atoms with E-state index in [-0.39, 0.29) is 36.2 Å². The molecule has 87 heavy (non-hydrogen) atoms. The van der Waals surface area contributed by atoms with Gasteiger partial charge in [-0.1, -0.05) is 60.1 Å². The van der Waals surface area contributed by atoms with Gasteiger partial charge in [0.2, 0.25) is 0 Å². The lowest BCUT2D eigenvalue weighted by Crippen LogP contribution is -2.69. The van der Waals surface area contributed by atoms with Crippen molar-refractivity contribution in [3.8, 4) is 0 Å². The molecule has 0 aromatic rings. The van der Waals surface area contributed by atoms with Gasteiger partial charge in [0.05, 0.1) is 50.8 Å². The zero-order chi connectivity index (χ0) is 63.7. The number of allylic oxidation sites excluding steroid dienone is 2. The minimum absolute atomic E-state index is 0.0387. The van der Waals surface area contributed by atoms with Gasteiger partial charge in [-0.3, -0.25) is 0 Å². The molecule has 0 radical (unpaired) electrons. The summed E-state index contributed by atoms with van der Waals surface area (Å²) in [5.74, 6) is -1.99. The fourth-order valence-corrected chi connectivity index (χ4v) is 17.9. The standard InChI is InChI=1S/C59H96O28/c1-22-31(64)34(67)39(72)50(79-22)85-44-36(69)33(66)27(19-61)81-52(44)86-45-38(71)37(70)43(48(76)77)84-53(45)82-30-12-13-56(5)28(57(30,6)21-62)11-14-59(8)29(56)10-9-23-24-17-54(2,3)46(75)47(55(24,4)15-16-58(23,59)7)87-49-41(74)42(25(63)20-78-49)83-51-40(73)35(68)32(65)26(18-60)80-51/h9,22,24-47,49-53,60-75H,10-21H2,1-8H3,(H,76,77). The largest absolute Gasteiger partial charge is 0.479 e. The van der Waals surface area contributed by atoms with Crippen molar-refractivity contribution in [2.45, 2.75) is 272 Å². The molecule has 10 rings (SSSR count). The molecule has 0 spiro atoms. The van der Waals surface area contributed by atoms with Gasteiger partial charge in [0, 0.05) is 10.8 Å². The quantitative estimate of drug-likeness (QED) is 0.0582. The summed E-state index contributed by atoms with van der Waals surface area (Å²) in [6, 6.07) is 0. The van der Waals surface area contributed by atoms with Crippen LogP contribution in [0.25, 0.3) is 0 Å². The molecule has 5 saturated heterocycles. The highest BCUT2D eigenvalue weighted by molar-refractivity contribution is 5.73. The van der Waals surface area contributed by atoms with Crippen LogP contribution in [0.1, 0.15) is 107 Å². The number of fused-ring (bicyclic) bond motifs is 7. The van der Waals surface area contributed by atoms with Crippen LogP contribution in [0, 0.1) is 50.2 Å². The third-order valence-corrected chi connectivity index (χ3v) is 23.6. The van der Waals surface area contributed by atoms with Crippen LogP contribution in [0.3, 0.4) is 0 Å². The molecule has 35 atom stereocenters. The SMILES string of the molecule is CC1OC(OC2C(OC3C(OC4CCC5(C)C(CCC6(C)C5CC=C5C7CC(C)(C)C(O)C(OC8OCC(O)C(OC9OC(CO)C(O)C(O)C9O)C8O)C7(C)CCC56C)C4(C)CO)OC(C(=O)O)C(O)C3O)OC(CO)C(O)C2O)C(O)C(O)C1O. The Labute approximate surface area is 504 Å². The van der Waals surface area contributed by atoms with Gasteiger partial charge in [-0.05, 0) is 97.7 Å². The Morgan fingerprint density at radius 3 is 1.74 bits per heavy atom. The van der Waals surface area contributed by atoms with E-state index in [1.807, 2.05) is 20.8 Å². The summed E-state index contributed by atoms with van der Waals surface area (Å²) < 4.78 is 60.5. The first-order valence-corrected chi connectivity index (χ1v) is 30.8. The molecule has 9 fully saturated rings. The van der Waals surface area contributed by atoms with Crippen molar-refractivity contribution in [3.05, 3.63) is 11.6 Å². The second-order valence-electron chi connectivity index (χ2n) is 28.8. The van der Waals surface area contributed by atoms with Gasteiger partial charge in [-0.25, -0.2) is 4.79 Å². The number of hydrogen-bond donors (Lipinski definition) is 17. The lowest BCUT2D eigenvalue weighted by molar-refractivity contribution is -0.396. The number of ether oxygens (including phenoxy) is 10. The van der Waals surface area contributed by atoms with E-state index < -0.39 is 219 Å². The van der Waals surface area contributed by atoms with Crippen LogP contribution in [-0.2, 0) is 52.2 Å². The third kappa shape index (κ3) is 11.1. The molecule has 0 aromatic carbocycles. The first-order valence-electron chi connectivity index (χ1n) is 30.8. The Hall–Kier alpha value is -1.83. The molecule has 17 N–H and O–H groups in total. The van der Waals surface area contributed by atoms with E-state index in [0.717, 1.165) is 0 Å². The van der Waals surface area contributed by atoms with Crippen LogP contribution >= 0.6 is 0 Å². The highest BCUT2D eigenvalue weighted by Gasteiger charge is 2.71. The normalized spacial score (nSPS) is 56.0. The highest BCUT2D eigenvalue weighted by Crippen LogP contribution is 2.76. The molecule has 0 bridgehead atoms. The second kappa shape index (κ2) is 24.8. The van der Waals surface area contributed by atoms with Crippen molar-refractivity contribution >= 4 is 5.97 Å². The molecule has 28 nitrogen and oxygen atoms in total. The zero-order valence-corrected chi connectivity index (χ0v) is 50.5. The maximum absolute atomic E-state index is 12.6. The van der Waals surface area contributed by atoms with Crippen LogP contribution in [0.4, 0.5) is 0 Å². The molecule has 0 amide bonds. The number of carboxylic acids is 1. The maximum Gasteiger partial charge on any atom is 0.335 e. The number of aliphatic carboxylic acids is 1. The van der Waals surface area contributed by atoms with Gasteiger partial charge in [-0.15, -0.1) is 0 Å². The molecule has 28 heteroatoms. The summed E-state index contributed by atoms with van der Waals surface area (Å²) in [6.45, 7) is 13.8. The summed E-state index contributed by atoms with van der Waals surface area (Å²) in [7, 11) is 0. The first kappa shape index (κ1) is 68.0. The Kier molecular flexibility index (Phi) is 19.4. The Morgan fingerprint density at radius 1 is 0.552 bits per heavy atom. The van der Waals surface area contributed by atoms with Gasteiger partial charge in [0.25, 0.3) is 0 Å². The lowest BCUT2D eigenvalue weighted by atomic mass is 9.33. The minimum atomic E-state index is -2.14. The van der Waals surface area contributed by atoms with Gasteiger partial charge in [0.1, 0.15) is 104 Å². The van der Waals surface area contributed by atoms with E-state index in [4.69, 9.17) is 47.4 Å². The Balaban J connectivity index is 0.892. The van der Waals surface area contributed by atoms with Crippen molar-refractivity contribution in [1.29, 1.82) is 0 Å². The van der Waals surface area contributed by atoms with E-state index >= 15 is 0 Å². The predicted octanol–water partition coefficient (Wildman–Crippen LogP) is -4.04. The molecular formula is C59H96O28. The van der Waals surface area contributed by atoms with Crippen LogP contribution in [0.5, 0.6) is 0 Å². The Morgan fingerprint density at radius 2 is 1.11 bits per heavy atom. The summed E-state index contributed by atoms with van der Waals surface area (Å²) in [6.07, 6.45) is -37.5. The summed E-state index contributed by atoms with van der Waals surface area (Å²) >= 11 is 0. The molecule has 5 aliphatic carbocycles. The lowest BCUT2D eigenvalue weighted by Gasteiger charge is -2.72. The molecule has 500 valence electrons. The van der Waals surface area contributed by atoms with Crippen LogP contribution in [-0.4, -0.2) is 285 Å². The topological polar surface area (TPSA) is 453 Å². The van der Waals surface area contributed by atoms with Crippen LogP contribution in [0.2, 0.25) is 0 Å². The molecule has 35 unspecified atom stereocenters. The number of hydrogen-bond acceptors (Lipinski definition) is 27. The molecular weight excluding hydrogens is 1160 g/mol. The minimum Gasteiger partial charge on any atom is -0.479 e. The molecule has 4 saturated carbocycles. The molecule has 10 aliphatic rings. The van der Waals surface area contributed by atoms with E-state index in [2.05, 4.69) is 33.8 Å². The van der Waals surface area contributed by atoms with Gasteiger partial charge in [-0.2, -0.15) is 0 Å². The summed E-state index contributed by atoms with van der Waals surface area (Å²) in [5.41, 5.74) is -2.49. The van der Waals surface area contributed by atoms with Crippen molar-refractivity contribution in [3.63, 3.8) is 0 Å². The van der Waals surface area contributed by atoms with Crippen molar-refractivity contribution in [2.24, 2.45) is 50.2 Å². The van der Waals surface area contributed by atoms with Gasteiger partial charge in [0.15, 0.2) is 37.6 Å². The maximum atomic E-state index is 12.6. The molecule has 5 heterocycles. The predicted molar refractivity (Wildman–Crippen MR) is 291 cm³/mol. The van der Waals surface area contributed by atoms with Crippen molar-refractivity contribution < 1.29 is 139 Å². The van der Waals surface area contributed by atoms with Gasteiger partial charge < -0.3 is 134 Å². The monoisotopic (exact) mass is 1250 g/mol. The van der Waals surface area contributed by atoms with Crippen molar-refractivity contribution in [2.75, 3.05) is 26.4 Å². The molecule has 0 aromatic heterocycles. The smallest absolute Gasteiger partial charge is 0.335 e. The fraction of sp³-hybridized carbons (Fsp3) is 0.949. The van der Waals surface area contributed by atoms with Crippen LogP contribution in [0.15, 0.2) is 11.6 Å². The second-order valence-corrected chi connectivity index (χ2v) is 28.8. The van der Waals surface area contributed by atoms with E-state index in [1.165, 1.54) is 12.5 Å². The number of aliphatic hydroxyl groups excluding tert-OH is 16.